The minimum absolute atomic E-state index is 0.252. The van der Waals surface area contributed by atoms with Crippen molar-refractivity contribution >= 4 is 11.7 Å². The fourth-order valence-corrected chi connectivity index (χ4v) is 5.04. The first-order valence-electron chi connectivity index (χ1n) is 11.9. The van der Waals surface area contributed by atoms with Crippen LogP contribution in [0.15, 0.2) is 30.3 Å². The fourth-order valence-electron chi connectivity index (χ4n) is 5.04. The molecule has 0 atom stereocenters. The first-order chi connectivity index (χ1) is 16.5. The minimum Gasteiger partial charge on any atom is -0.495 e. The summed E-state index contributed by atoms with van der Waals surface area (Å²) in [6.07, 6.45) is 5.58. The van der Waals surface area contributed by atoms with Crippen molar-refractivity contribution in [3.8, 4) is 22.9 Å². The highest BCUT2D eigenvalue weighted by atomic mass is 16.5. The highest BCUT2D eigenvalue weighted by Gasteiger charge is 2.40. The third-order valence-electron chi connectivity index (χ3n) is 7.04. The van der Waals surface area contributed by atoms with Crippen LogP contribution in [0.2, 0.25) is 0 Å². The topological polar surface area (TPSA) is 101 Å². The molecule has 2 aromatic carbocycles. The Kier molecular flexibility index (Phi) is 7.40. The summed E-state index contributed by atoms with van der Waals surface area (Å²) in [6, 6.07) is 11.8. The molecular formula is C27H32N2O5. The first kappa shape index (κ1) is 24.1. The highest BCUT2D eigenvalue weighted by molar-refractivity contribution is 5.84. The quantitative estimate of drug-likeness (QED) is 0.564. The number of anilines is 1. The second-order valence-corrected chi connectivity index (χ2v) is 9.14. The number of nitrogens with one attached hydrogen (secondary N) is 1. The van der Waals surface area contributed by atoms with Crippen molar-refractivity contribution in [3.05, 3.63) is 47.0 Å². The van der Waals surface area contributed by atoms with Gasteiger partial charge in [-0.25, -0.2) is 4.79 Å². The lowest BCUT2D eigenvalue weighted by Crippen LogP contribution is -2.50. The third-order valence-corrected chi connectivity index (χ3v) is 7.04. The number of carboxylic acid groups (broad SMARTS) is 1. The van der Waals surface area contributed by atoms with Gasteiger partial charge in [-0.1, -0.05) is 25.0 Å². The molecule has 34 heavy (non-hydrogen) atoms. The van der Waals surface area contributed by atoms with Crippen molar-refractivity contribution in [2.24, 2.45) is 0 Å². The molecule has 2 N–H and O–H groups in total. The number of carboxylic acids is 1. The Morgan fingerprint density at radius 3 is 2.56 bits per heavy atom. The molecule has 1 aliphatic heterocycles. The van der Waals surface area contributed by atoms with E-state index in [-0.39, 0.29) is 6.10 Å². The normalized spacial score (nSPS) is 17.8. The summed E-state index contributed by atoms with van der Waals surface area (Å²) in [5, 5.41) is 22.7. The average Bonchev–Trinajstić information content (AvgIpc) is 3.37. The van der Waals surface area contributed by atoms with Crippen LogP contribution in [0.4, 0.5) is 5.69 Å². The largest absolute Gasteiger partial charge is 0.495 e. The lowest BCUT2D eigenvalue weighted by Gasteiger charge is -2.35. The van der Waals surface area contributed by atoms with E-state index in [2.05, 4.69) is 11.4 Å². The van der Waals surface area contributed by atoms with E-state index >= 15 is 0 Å². The van der Waals surface area contributed by atoms with Crippen LogP contribution < -0.4 is 10.1 Å². The lowest BCUT2D eigenvalue weighted by molar-refractivity contribution is -0.145. The number of nitriles is 1. The molecule has 2 aliphatic rings. The number of rotatable bonds is 8. The van der Waals surface area contributed by atoms with Gasteiger partial charge in [-0.15, -0.1) is 0 Å². The van der Waals surface area contributed by atoms with Gasteiger partial charge in [-0.3, -0.25) is 0 Å². The number of ether oxygens (including phenoxy) is 3. The number of nitrogens with zero attached hydrogens (tertiary/aromatic N) is 1. The number of hydrogen-bond acceptors (Lipinski definition) is 6. The van der Waals surface area contributed by atoms with E-state index in [9.17, 15) is 15.2 Å². The number of benzene rings is 2. The monoisotopic (exact) mass is 464 g/mol. The van der Waals surface area contributed by atoms with Crippen LogP contribution in [0.1, 0.15) is 55.2 Å². The first-order valence-corrected chi connectivity index (χ1v) is 11.9. The van der Waals surface area contributed by atoms with Crippen LogP contribution >= 0.6 is 0 Å². The molecule has 7 heteroatoms. The van der Waals surface area contributed by atoms with Crippen molar-refractivity contribution in [1.82, 2.24) is 0 Å². The summed E-state index contributed by atoms with van der Waals surface area (Å²) < 4.78 is 17.2. The fraction of sp³-hybridized carbons (Fsp3) is 0.481. The van der Waals surface area contributed by atoms with Crippen molar-refractivity contribution in [3.63, 3.8) is 0 Å². The van der Waals surface area contributed by atoms with E-state index in [1.165, 1.54) is 12.8 Å². The van der Waals surface area contributed by atoms with Gasteiger partial charge in [0.15, 0.2) is 0 Å². The van der Waals surface area contributed by atoms with Gasteiger partial charge in [0.1, 0.15) is 17.4 Å². The molecule has 1 saturated heterocycles. The summed E-state index contributed by atoms with van der Waals surface area (Å²) in [5.74, 6) is -0.298. The number of aliphatic carboxylic acids is 1. The molecular weight excluding hydrogens is 432 g/mol. The molecule has 0 unspecified atom stereocenters. The number of methoxy groups -OCH3 is 1. The lowest BCUT2D eigenvalue weighted by atomic mass is 9.89. The number of hydrogen-bond donors (Lipinski definition) is 2. The van der Waals surface area contributed by atoms with Crippen LogP contribution in [0.5, 0.6) is 5.75 Å². The van der Waals surface area contributed by atoms with Crippen LogP contribution in [0.25, 0.3) is 11.1 Å². The molecule has 2 fully saturated rings. The Labute approximate surface area is 200 Å². The molecule has 0 radical (unpaired) electrons. The summed E-state index contributed by atoms with van der Waals surface area (Å²) in [5.41, 5.74) is 4.00. The summed E-state index contributed by atoms with van der Waals surface area (Å²) >= 11 is 0. The van der Waals surface area contributed by atoms with Gasteiger partial charge in [0.25, 0.3) is 0 Å². The molecule has 1 heterocycles. The molecule has 0 spiro atoms. The standard InChI is InChI=1S/C27H32N2O5/c1-18-23(9-7-19(16-28)25(18)32-2)24-10-8-21(15-20(24)17-34-22-5-3-4-6-22)29-27(26(30)31)11-13-33-14-12-27/h7-10,15,22,29H,3-6,11-14,17H2,1-2H3,(H,30,31). The van der Waals surface area contributed by atoms with E-state index in [4.69, 9.17) is 14.2 Å². The molecule has 4 rings (SSSR count). The predicted molar refractivity (Wildman–Crippen MR) is 129 cm³/mol. The minimum atomic E-state index is -1.04. The van der Waals surface area contributed by atoms with E-state index in [0.29, 0.717) is 44.0 Å². The predicted octanol–water partition coefficient (Wildman–Crippen LogP) is 5.05. The second-order valence-electron chi connectivity index (χ2n) is 9.14. The van der Waals surface area contributed by atoms with Crippen LogP contribution in [-0.2, 0) is 20.9 Å². The third kappa shape index (κ3) is 4.89. The Morgan fingerprint density at radius 1 is 1.21 bits per heavy atom. The zero-order chi connectivity index (χ0) is 24.1. The van der Waals surface area contributed by atoms with Gasteiger partial charge < -0.3 is 24.6 Å². The Balaban J connectivity index is 1.71. The molecule has 0 aromatic heterocycles. The maximum atomic E-state index is 12.1. The van der Waals surface area contributed by atoms with E-state index in [1.54, 1.807) is 13.2 Å². The summed E-state index contributed by atoms with van der Waals surface area (Å²) in [6.45, 7) is 3.21. The van der Waals surface area contributed by atoms with Crippen LogP contribution in [0.3, 0.4) is 0 Å². The molecule has 0 amide bonds. The van der Waals surface area contributed by atoms with Crippen molar-refractivity contribution in [2.75, 3.05) is 25.6 Å². The summed E-state index contributed by atoms with van der Waals surface area (Å²) in [4.78, 5) is 12.1. The van der Waals surface area contributed by atoms with Gasteiger partial charge in [0.2, 0.25) is 0 Å². The molecule has 2 aromatic rings. The van der Waals surface area contributed by atoms with E-state index in [1.807, 2.05) is 31.2 Å². The van der Waals surface area contributed by atoms with Crippen LogP contribution in [0, 0.1) is 18.3 Å². The average molecular weight is 465 g/mol. The smallest absolute Gasteiger partial charge is 0.329 e. The number of carbonyl (C=O) groups is 1. The van der Waals surface area contributed by atoms with Gasteiger partial charge in [0.05, 0.1) is 25.4 Å². The van der Waals surface area contributed by atoms with Gasteiger partial charge >= 0.3 is 5.97 Å². The highest BCUT2D eigenvalue weighted by Crippen LogP contribution is 2.37. The Hall–Kier alpha value is -3.08. The second kappa shape index (κ2) is 10.5. The van der Waals surface area contributed by atoms with Gasteiger partial charge in [0, 0.05) is 37.3 Å². The van der Waals surface area contributed by atoms with Gasteiger partial charge in [-0.05, 0) is 54.7 Å². The maximum absolute atomic E-state index is 12.1. The molecule has 180 valence electrons. The Morgan fingerprint density at radius 2 is 1.91 bits per heavy atom. The molecule has 0 bridgehead atoms. The SMILES string of the molecule is COc1c(C#N)ccc(-c2ccc(NC3(C(=O)O)CCOCC3)cc2COC2CCCC2)c1C. The van der Waals surface area contributed by atoms with E-state index in [0.717, 1.165) is 40.8 Å². The molecule has 1 aliphatic carbocycles. The molecule has 1 saturated carbocycles. The van der Waals surface area contributed by atoms with Crippen molar-refractivity contribution in [1.29, 1.82) is 5.26 Å². The Bertz CT molecular complexity index is 1080. The van der Waals surface area contributed by atoms with E-state index < -0.39 is 11.5 Å². The van der Waals surface area contributed by atoms with Crippen LogP contribution in [-0.4, -0.2) is 43.0 Å². The maximum Gasteiger partial charge on any atom is 0.329 e. The zero-order valence-corrected chi connectivity index (χ0v) is 19.9. The zero-order valence-electron chi connectivity index (χ0n) is 19.9. The summed E-state index contributed by atoms with van der Waals surface area (Å²) in [7, 11) is 1.57. The van der Waals surface area contributed by atoms with Crippen molar-refractivity contribution < 1.29 is 24.1 Å². The van der Waals surface area contributed by atoms with Gasteiger partial charge in [-0.2, -0.15) is 5.26 Å². The van der Waals surface area contributed by atoms with Crippen molar-refractivity contribution in [2.45, 2.75) is 63.7 Å². The molecule has 7 nitrogen and oxygen atoms in total.